The molecule has 1 aromatic carbocycles. The molecule has 0 radical (unpaired) electrons. The minimum Gasteiger partial charge on any atom is -0.399 e. The van der Waals surface area contributed by atoms with Crippen LogP contribution in [0.5, 0.6) is 0 Å². The highest BCUT2D eigenvalue weighted by Crippen LogP contribution is 2.23. The number of aliphatic hydroxyl groups excluding tert-OH is 1. The normalized spacial score (nSPS) is 13.2. The van der Waals surface area contributed by atoms with Crippen LogP contribution < -0.4 is 5.73 Å². The van der Waals surface area contributed by atoms with Crippen LogP contribution >= 0.6 is 0 Å². The van der Waals surface area contributed by atoms with Crippen LogP contribution in [-0.4, -0.2) is 21.3 Å². The van der Waals surface area contributed by atoms with E-state index in [-0.39, 0.29) is 12.6 Å². The summed E-state index contributed by atoms with van der Waals surface area (Å²) in [6.07, 6.45) is 0.846. The van der Waals surface area contributed by atoms with Crippen LogP contribution in [0.25, 0.3) is 11.0 Å². The van der Waals surface area contributed by atoms with Crippen molar-refractivity contribution in [1.29, 1.82) is 0 Å². The molecule has 86 valence electrons. The summed E-state index contributed by atoms with van der Waals surface area (Å²) in [7, 11) is 0. The number of fused-ring (bicyclic) bond motifs is 1. The van der Waals surface area contributed by atoms with E-state index in [1.807, 2.05) is 25.1 Å². The summed E-state index contributed by atoms with van der Waals surface area (Å²) < 4.78 is 2.08. The largest absolute Gasteiger partial charge is 0.399 e. The molecule has 1 unspecified atom stereocenters. The molecular weight excluding hydrogens is 202 g/mol. The molecule has 4 nitrogen and oxygen atoms in total. The Morgan fingerprint density at radius 3 is 2.88 bits per heavy atom. The number of nitrogens with two attached hydrogens (primary N) is 1. The van der Waals surface area contributed by atoms with E-state index >= 15 is 0 Å². The van der Waals surface area contributed by atoms with Crippen LogP contribution in [0.4, 0.5) is 5.69 Å². The minimum absolute atomic E-state index is 0.0450. The summed E-state index contributed by atoms with van der Waals surface area (Å²) in [4.78, 5) is 4.53. The number of anilines is 1. The summed E-state index contributed by atoms with van der Waals surface area (Å²) in [5, 5.41) is 9.27. The van der Waals surface area contributed by atoms with E-state index in [0.29, 0.717) is 0 Å². The lowest BCUT2D eigenvalue weighted by atomic mass is 10.2. The first kappa shape index (κ1) is 11.0. The van der Waals surface area contributed by atoms with Crippen molar-refractivity contribution < 1.29 is 5.11 Å². The first-order chi connectivity index (χ1) is 7.67. The van der Waals surface area contributed by atoms with Gasteiger partial charge in [0.2, 0.25) is 0 Å². The number of aromatic nitrogens is 2. The van der Waals surface area contributed by atoms with Gasteiger partial charge < -0.3 is 15.4 Å². The number of imidazole rings is 1. The van der Waals surface area contributed by atoms with Crippen LogP contribution in [0, 0.1) is 0 Å². The molecule has 0 saturated heterocycles. The molecule has 0 bridgehead atoms. The molecular formula is C12H17N3O. The van der Waals surface area contributed by atoms with Crippen molar-refractivity contribution in [3.05, 3.63) is 24.0 Å². The smallest absolute Gasteiger partial charge is 0.109 e. The van der Waals surface area contributed by atoms with Crippen molar-refractivity contribution in [3.63, 3.8) is 0 Å². The number of benzene rings is 1. The number of hydrogen-bond acceptors (Lipinski definition) is 3. The SMILES string of the molecule is CCc1nc2cc(N)ccc2n1C(C)CO. The highest BCUT2D eigenvalue weighted by molar-refractivity contribution is 5.79. The van der Waals surface area contributed by atoms with Crippen molar-refractivity contribution in [1.82, 2.24) is 9.55 Å². The molecule has 0 amide bonds. The third-order valence-electron chi connectivity index (χ3n) is 2.81. The van der Waals surface area contributed by atoms with Crippen molar-refractivity contribution in [3.8, 4) is 0 Å². The zero-order valence-corrected chi connectivity index (χ0v) is 9.64. The molecule has 3 N–H and O–H groups in total. The Labute approximate surface area is 94.7 Å². The van der Waals surface area contributed by atoms with Crippen molar-refractivity contribution in [2.75, 3.05) is 12.3 Å². The summed E-state index contributed by atoms with van der Waals surface area (Å²) >= 11 is 0. The molecule has 1 aromatic heterocycles. The fourth-order valence-electron chi connectivity index (χ4n) is 1.99. The Bertz CT molecular complexity index is 504. The molecule has 0 fully saturated rings. The van der Waals surface area contributed by atoms with Crippen LogP contribution in [-0.2, 0) is 6.42 Å². The van der Waals surface area contributed by atoms with Gasteiger partial charge in [-0.25, -0.2) is 4.98 Å². The summed E-state index contributed by atoms with van der Waals surface area (Å²) in [6, 6.07) is 5.74. The second kappa shape index (κ2) is 4.14. The molecule has 4 heteroatoms. The Balaban J connectivity index is 2.68. The first-order valence-corrected chi connectivity index (χ1v) is 5.54. The van der Waals surface area contributed by atoms with Crippen LogP contribution in [0.3, 0.4) is 0 Å². The molecule has 0 saturated carbocycles. The quantitative estimate of drug-likeness (QED) is 0.773. The van der Waals surface area contributed by atoms with Gasteiger partial charge in [-0.15, -0.1) is 0 Å². The van der Waals surface area contributed by atoms with Gasteiger partial charge in [-0.2, -0.15) is 0 Å². The van der Waals surface area contributed by atoms with E-state index in [1.54, 1.807) is 0 Å². The summed E-state index contributed by atoms with van der Waals surface area (Å²) in [6.45, 7) is 4.16. The van der Waals surface area contributed by atoms with E-state index in [2.05, 4.69) is 16.5 Å². The van der Waals surface area contributed by atoms with Gasteiger partial charge in [0, 0.05) is 12.1 Å². The third-order valence-corrected chi connectivity index (χ3v) is 2.81. The van der Waals surface area contributed by atoms with Gasteiger partial charge in [0.1, 0.15) is 5.82 Å². The predicted molar refractivity (Wildman–Crippen MR) is 65.3 cm³/mol. The Kier molecular flexibility index (Phi) is 2.83. The van der Waals surface area contributed by atoms with Crippen molar-refractivity contribution in [2.24, 2.45) is 0 Å². The number of rotatable bonds is 3. The lowest BCUT2D eigenvalue weighted by molar-refractivity contribution is 0.239. The fraction of sp³-hybridized carbons (Fsp3) is 0.417. The lowest BCUT2D eigenvalue weighted by Crippen LogP contribution is -2.12. The molecule has 1 heterocycles. The van der Waals surface area contributed by atoms with Gasteiger partial charge in [0.25, 0.3) is 0 Å². The predicted octanol–water partition coefficient (Wildman–Crippen LogP) is 1.73. The maximum Gasteiger partial charge on any atom is 0.109 e. The lowest BCUT2D eigenvalue weighted by Gasteiger charge is -2.14. The average Bonchev–Trinajstić information content (AvgIpc) is 2.65. The molecule has 0 spiro atoms. The Morgan fingerprint density at radius 2 is 2.25 bits per heavy atom. The van der Waals surface area contributed by atoms with Crippen molar-refractivity contribution in [2.45, 2.75) is 26.3 Å². The number of aryl methyl sites for hydroxylation is 1. The van der Waals surface area contributed by atoms with E-state index in [0.717, 1.165) is 29.0 Å². The molecule has 0 aliphatic carbocycles. The third kappa shape index (κ3) is 1.65. The highest BCUT2D eigenvalue weighted by Gasteiger charge is 2.13. The maximum absolute atomic E-state index is 9.27. The molecule has 1 atom stereocenters. The monoisotopic (exact) mass is 219 g/mol. The number of aliphatic hydroxyl groups is 1. The van der Waals surface area contributed by atoms with E-state index in [9.17, 15) is 5.11 Å². The fourth-order valence-corrected chi connectivity index (χ4v) is 1.99. The first-order valence-electron chi connectivity index (χ1n) is 5.54. The number of hydrogen-bond donors (Lipinski definition) is 2. The summed E-state index contributed by atoms with van der Waals surface area (Å²) in [5.41, 5.74) is 8.39. The highest BCUT2D eigenvalue weighted by atomic mass is 16.3. The molecule has 0 aliphatic heterocycles. The minimum atomic E-state index is 0.0450. The topological polar surface area (TPSA) is 64.1 Å². The van der Waals surface area contributed by atoms with Gasteiger partial charge in [-0.1, -0.05) is 6.92 Å². The molecule has 0 aliphatic rings. The standard InChI is InChI=1S/C12H17N3O/c1-3-12-14-10-6-9(13)4-5-11(10)15(12)8(2)7-16/h4-6,8,16H,3,7,13H2,1-2H3. The molecule has 2 aromatic rings. The van der Waals surface area contributed by atoms with E-state index in [4.69, 9.17) is 5.73 Å². The second-order valence-electron chi connectivity index (χ2n) is 4.03. The van der Waals surface area contributed by atoms with Crippen LogP contribution in [0.2, 0.25) is 0 Å². The second-order valence-corrected chi connectivity index (χ2v) is 4.03. The Morgan fingerprint density at radius 1 is 1.50 bits per heavy atom. The van der Waals surface area contributed by atoms with E-state index < -0.39 is 0 Å². The zero-order chi connectivity index (χ0) is 11.7. The number of nitrogens with zero attached hydrogens (tertiary/aromatic N) is 2. The molecule has 16 heavy (non-hydrogen) atoms. The average molecular weight is 219 g/mol. The van der Waals surface area contributed by atoms with Crippen molar-refractivity contribution >= 4 is 16.7 Å². The van der Waals surface area contributed by atoms with Gasteiger partial charge in [0.05, 0.1) is 23.7 Å². The van der Waals surface area contributed by atoms with Gasteiger partial charge >= 0.3 is 0 Å². The Hall–Kier alpha value is -1.55. The maximum atomic E-state index is 9.27. The van der Waals surface area contributed by atoms with Gasteiger partial charge in [-0.3, -0.25) is 0 Å². The zero-order valence-electron chi connectivity index (χ0n) is 9.64. The summed E-state index contributed by atoms with van der Waals surface area (Å²) in [5.74, 6) is 0.988. The van der Waals surface area contributed by atoms with Crippen LogP contribution in [0.1, 0.15) is 25.7 Å². The molecule has 2 rings (SSSR count). The van der Waals surface area contributed by atoms with E-state index in [1.165, 1.54) is 0 Å². The van der Waals surface area contributed by atoms with Crippen LogP contribution in [0.15, 0.2) is 18.2 Å². The van der Waals surface area contributed by atoms with Gasteiger partial charge in [0.15, 0.2) is 0 Å². The number of nitrogen functional groups attached to an aromatic ring is 1. The van der Waals surface area contributed by atoms with Gasteiger partial charge in [-0.05, 0) is 25.1 Å².